The Kier molecular flexibility index (Phi) is 6.69. The van der Waals surface area contributed by atoms with Crippen molar-refractivity contribution < 1.29 is 14.3 Å². The van der Waals surface area contributed by atoms with Crippen molar-refractivity contribution in [3.05, 3.63) is 95.6 Å². The zero-order valence-electron chi connectivity index (χ0n) is 17.0. The summed E-state index contributed by atoms with van der Waals surface area (Å²) in [5.41, 5.74) is 3.42. The van der Waals surface area contributed by atoms with Gasteiger partial charge in [-0.25, -0.2) is 0 Å². The number of hydrogen-bond donors (Lipinski definition) is 0. The van der Waals surface area contributed by atoms with E-state index >= 15 is 0 Å². The molecule has 0 aliphatic heterocycles. The normalized spacial score (nSPS) is 11.1. The van der Waals surface area contributed by atoms with Gasteiger partial charge in [-0.2, -0.15) is 0 Å². The van der Waals surface area contributed by atoms with Gasteiger partial charge in [0.25, 0.3) is 5.91 Å². The van der Waals surface area contributed by atoms with Gasteiger partial charge in [-0.05, 0) is 47.0 Å². The van der Waals surface area contributed by atoms with Crippen molar-refractivity contribution in [1.29, 1.82) is 0 Å². The monoisotopic (exact) mass is 387 g/mol. The van der Waals surface area contributed by atoms with Crippen LogP contribution in [0.4, 0.5) is 0 Å². The molecule has 0 radical (unpaired) electrons. The topological polar surface area (TPSA) is 38.8 Å². The highest BCUT2D eigenvalue weighted by Gasteiger charge is 2.17. The fourth-order valence-corrected chi connectivity index (χ4v) is 3.11. The Labute approximate surface area is 172 Å². The highest BCUT2D eigenvalue weighted by molar-refractivity contribution is 6.24. The number of nitrogens with zero attached hydrogens (tertiary/aromatic N) is 1. The van der Waals surface area contributed by atoms with Crippen LogP contribution in [0.3, 0.4) is 0 Å². The third kappa shape index (κ3) is 5.26. The van der Waals surface area contributed by atoms with Gasteiger partial charge >= 0.3 is 0 Å². The fourth-order valence-electron chi connectivity index (χ4n) is 3.11. The number of hydrogen-bond acceptors (Lipinski definition) is 3. The zero-order valence-corrected chi connectivity index (χ0v) is 17.0. The Bertz CT molecular complexity index is 996. The highest BCUT2D eigenvalue weighted by Crippen LogP contribution is 2.24. The van der Waals surface area contributed by atoms with Crippen molar-refractivity contribution in [3.8, 4) is 11.5 Å². The summed E-state index contributed by atoms with van der Waals surface area (Å²) in [6.45, 7) is 0.484. The summed E-state index contributed by atoms with van der Waals surface area (Å²) in [4.78, 5) is 15.1. The van der Waals surface area contributed by atoms with E-state index in [2.05, 4.69) is 0 Å². The number of likely N-dealkylation sites (N-methyl/N-ethyl adjacent to an activating group) is 1. The molecule has 0 aromatic heterocycles. The van der Waals surface area contributed by atoms with Gasteiger partial charge in [0.15, 0.2) is 0 Å². The van der Waals surface area contributed by atoms with Crippen LogP contribution in [0.25, 0.3) is 11.6 Å². The number of benzene rings is 3. The van der Waals surface area contributed by atoms with Crippen molar-refractivity contribution >= 4 is 17.6 Å². The second kappa shape index (κ2) is 9.60. The summed E-state index contributed by atoms with van der Waals surface area (Å²) >= 11 is 0. The minimum atomic E-state index is -0.0539. The third-order valence-electron chi connectivity index (χ3n) is 4.62. The molecular formula is C25H25NO3. The first-order valence-electron chi connectivity index (χ1n) is 9.40. The van der Waals surface area contributed by atoms with Crippen LogP contribution >= 0.6 is 0 Å². The minimum absolute atomic E-state index is 0.0539. The lowest BCUT2D eigenvalue weighted by molar-refractivity contribution is -0.124. The molecule has 3 aromatic carbocycles. The smallest absolute Gasteiger partial charge is 0.254 e. The SMILES string of the molecule is COc1cccc(/C=C(/C(=O)N(C)Cc2cccc(OC)c2)c2ccccc2)c1. The van der Waals surface area contributed by atoms with Crippen LogP contribution < -0.4 is 9.47 Å². The Balaban J connectivity index is 1.92. The van der Waals surface area contributed by atoms with Gasteiger partial charge in [-0.1, -0.05) is 54.6 Å². The zero-order chi connectivity index (χ0) is 20.6. The quantitative estimate of drug-likeness (QED) is 0.427. The maximum atomic E-state index is 13.4. The first kappa shape index (κ1) is 20.2. The molecule has 0 bridgehead atoms. The predicted octanol–water partition coefficient (Wildman–Crippen LogP) is 4.90. The number of ether oxygens (including phenoxy) is 2. The molecule has 4 nitrogen and oxygen atoms in total. The van der Waals surface area contributed by atoms with E-state index in [1.807, 2.05) is 92.0 Å². The molecular weight excluding hydrogens is 362 g/mol. The molecule has 148 valence electrons. The molecule has 0 aliphatic carbocycles. The Morgan fingerprint density at radius 2 is 1.52 bits per heavy atom. The molecule has 0 unspecified atom stereocenters. The second-order valence-corrected chi connectivity index (χ2v) is 6.71. The Morgan fingerprint density at radius 1 is 0.862 bits per heavy atom. The average molecular weight is 387 g/mol. The predicted molar refractivity (Wildman–Crippen MR) is 117 cm³/mol. The van der Waals surface area contributed by atoms with Gasteiger partial charge in [0, 0.05) is 19.2 Å². The van der Waals surface area contributed by atoms with Gasteiger partial charge in [-0.3, -0.25) is 4.79 Å². The maximum Gasteiger partial charge on any atom is 0.254 e. The average Bonchev–Trinajstić information content (AvgIpc) is 2.77. The van der Waals surface area contributed by atoms with Gasteiger partial charge in [0.2, 0.25) is 0 Å². The maximum absolute atomic E-state index is 13.4. The molecule has 3 aromatic rings. The molecule has 3 rings (SSSR count). The summed E-state index contributed by atoms with van der Waals surface area (Å²) in [6.07, 6.45) is 1.91. The van der Waals surface area contributed by atoms with Crippen LogP contribution in [0.1, 0.15) is 16.7 Å². The van der Waals surface area contributed by atoms with Crippen LogP contribution in [0.5, 0.6) is 11.5 Å². The van der Waals surface area contributed by atoms with Crippen molar-refractivity contribution in [2.24, 2.45) is 0 Å². The summed E-state index contributed by atoms with van der Waals surface area (Å²) in [5.74, 6) is 1.48. The van der Waals surface area contributed by atoms with Crippen molar-refractivity contribution in [2.75, 3.05) is 21.3 Å². The number of amides is 1. The van der Waals surface area contributed by atoms with Crippen LogP contribution in [0.15, 0.2) is 78.9 Å². The lowest BCUT2D eigenvalue weighted by Crippen LogP contribution is -2.27. The summed E-state index contributed by atoms with van der Waals surface area (Å²) in [5, 5.41) is 0. The molecule has 1 amide bonds. The second-order valence-electron chi connectivity index (χ2n) is 6.71. The summed E-state index contributed by atoms with van der Waals surface area (Å²) in [7, 11) is 5.08. The molecule has 0 heterocycles. The number of methoxy groups -OCH3 is 2. The molecule has 0 saturated heterocycles. The van der Waals surface area contributed by atoms with Crippen LogP contribution in [0.2, 0.25) is 0 Å². The Morgan fingerprint density at radius 3 is 2.21 bits per heavy atom. The van der Waals surface area contributed by atoms with Crippen molar-refractivity contribution in [2.45, 2.75) is 6.54 Å². The van der Waals surface area contributed by atoms with Gasteiger partial charge in [0.1, 0.15) is 11.5 Å². The van der Waals surface area contributed by atoms with Gasteiger partial charge < -0.3 is 14.4 Å². The van der Waals surface area contributed by atoms with Gasteiger partial charge in [0.05, 0.1) is 14.2 Å². The van der Waals surface area contributed by atoms with Crippen LogP contribution in [-0.2, 0) is 11.3 Å². The standard InChI is InChI=1S/C25H25NO3/c1-26(18-20-10-8-14-23(16-20)29-3)25(27)24(21-11-5-4-6-12-21)17-19-9-7-13-22(15-19)28-2/h4-17H,18H2,1-3H3/b24-17+. The Hall–Kier alpha value is -3.53. The van der Waals surface area contributed by atoms with E-state index in [0.717, 1.165) is 28.2 Å². The number of carbonyl (C=O) groups is 1. The van der Waals surface area contributed by atoms with E-state index in [4.69, 9.17) is 9.47 Å². The van der Waals surface area contributed by atoms with Crippen molar-refractivity contribution in [3.63, 3.8) is 0 Å². The van der Waals surface area contributed by atoms with E-state index in [9.17, 15) is 4.79 Å². The molecule has 0 aliphatic rings. The number of carbonyl (C=O) groups excluding carboxylic acids is 1. The molecule has 29 heavy (non-hydrogen) atoms. The van der Waals surface area contributed by atoms with Crippen LogP contribution in [0, 0.1) is 0 Å². The molecule has 4 heteroatoms. The minimum Gasteiger partial charge on any atom is -0.497 e. The van der Waals surface area contributed by atoms with E-state index in [1.165, 1.54) is 0 Å². The molecule has 0 atom stereocenters. The molecule has 0 spiro atoms. The van der Waals surface area contributed by atoms with E-state index in [0.29, 0.717) is 12.1 Å². The van der Waals surface area contributed by atoms with E-state index in [1.54, 1.807) is 19.1 Å². The number of rotatable bonds is 7. The molecule has 0 N–H and O–H groups in total. The third-order valence-corrected chi connectivity index (χ3v) is 4.62. The molecule has 0 saturated carbocycles. The lowest BCUT2D eigenvalue weighted by Gasteiger charge is -2.20. The first-order chi connectivity index (χ1) is 14.1. The van der Waals surface area contributed by atoms with E-state index in [-0.39, 0.29) is 5.91 Å². The summed E-state index contributed by atoms with van der Waals surface area (Å²) in [6, 6.07) is 25.1. The molecule has 0 fully saturated rings. The van der Waals surface area contributed by atoms with Crippen molar-refractivity contribution in [1.82, 2.24) is 4.90 Å². The van der Waals surface area contributed by atoms with Gasteiger partial charge in [-0.15, -0.1) is 0 Å². The lowest BCUT2D eigenvalue weighted by atomic mass is 10.0. The highest BCUT2D eigenvalue weighted by atomic mass is 16.5. The van der Waals surface area contributed by atoms with E-state index < -0.39 is 0 Å². The fraction of sp³-hybridized carbons (Fsp3) is 0.160. The van der Waals surface area contributed by atoms with Crippen LogP contribution in [-0.4, -0.2) is 32.1 Å². The first-order valence-corrected chi connectivity index (χ1v) is 9.40. The largest absolute Gasteiger partial charge is 0.497 e. The summed E-state index contributed by atoms with van der Waals surface area (Å²) < 4.78 is 10.6.